The van der Waals surface area contributed by atoms with Crippen LogP contribution < -0.4 is 19.7 Å². The highest BCUT2D eigenvalue weighted by Gasteiger charge is 2.44. The van der Waals surface area contributed by atoms with Gasteiger partial charge in [0.05, 0.1) is 24.2 Å². The minimum Gasteiger partial charge on any atom is -0.490 e. The largest absolute Gasteiger partial charge is 0.490 e. The number of hydrogen-bond donors (Lipinski definition) is 2. The molecule has 2 aromatic carbocycles. The van der Waals surface area contributed by atoms with Crippen LogP contribution in [0.4, 0.5) is 10.5 Å². The van der Waals surface area contributed by atoms with Gasteiger partial charge in [0.1, 0.15) is 15.7 Å². The fraction of sp³-hybridized carbons (Fsp3) is 0.579. The maximum Gasteiger partial charge on any atom is 0.327 e. The lowest BCUT2D eigenvalue weighted by Gasteiger charge is -2.46. The van der Waals surface area contributed by atoms with Crippen LogP contribution in [0.15, 0.2) is 52.9 Å². The topological polar surface area (TPSA) is 109 Å². The molecule has 1 unspecified atom stereocenters. The lowest BCUT2D eigenvalue weighted by Crippen LogP contribution is -2.49. The van der Waals surface area contributed by atoms with Gasteiger partial charge in [-0.05, 0) is 117 Å². The lowest BCUT2D eigenvalue weighted by atomic mass is 9.68. The zero-order valence-electron chi connectivity index (χ0n) is 27.9. The molecule has 2 aromatic rings. The Hall–Kier alpha value is -3.08. The summed E-state index contributed by atoms with van der Waals surface area (Å²) in [5.74, 6) is 0.823. The second-order valence-corrected chi connectivity index (χ2v) is 17.1. The number of urea groups is 1. The summed E-state index contributed by atoms with van der Waals surface area (Å²) in [6.45, 7) is 4.02. The Bertz CT molecular complexity index is 1720. The molecule has 0 radical (unpaired) electrons. The summed E-state index contributed by atoms with van der Waals surface area (Å²) in [6, 6.07) is 11.2. The van der Waals surface area contributed by atoms with E-state index in [1.54, 1.807) is 13.2 Å². The molecule has 11 heteroatoms. The molecule has 2 fully saturated rings. The molecule has 266 valence electrons. The molecule has 49 heavy (non-hydrogen) atoms. The number of hydrogen-bond acceptors (Lipinski definition) is 6. The van der Waals surface area contributed by atoms with Crippen molar-refractivity contribution in [3.8, 4) is 5.75 Å². The predicted molar refractivity (Wildman–Crippen MR) is 196 cm³/mol. The van der Waals surface area contributed by atoms with E-state index in [0.717, 1.165) is 80.9 Å². The van der Waals surface area contributed by atoms with E-state index >= 15 is 0 Å². The second kappa shape index (κ2) is 14.6. The number of nitrogens with zero attached hydrogens (tertiary/aromatic N) is 2. The third-order valence-corrected chi connectivity index (χ3v) is 13.4. The van der Waals surface area contributed by atoms with Crippen LogP contribution in [0.2, 0.25) is 5.02 Å². The molecule has 2 heterocycles. The number of ether oxygens (including phenoxy) is 2. The van der Waals surface area contributed by atoms with Crippen molar-refractivity contribution in [2.24, 2.45) is 22.1 Å². The van der Waals surface area contributed by atoms with E-state index in [0.29, 0.717) is 30.4 Å². The standard InChI is InChI=1S/C37H47ClN4O5S.CH4/c1-24-6-3-10-33(46-2)30-14-11-27(30)20-42-22-37(17-5-7-25-18-28(38)13-15-31(25)37)23-47-34-16-12-26(19-32(34)42)35(43)40-48(45,21-24)41-36(44)39-29-8-4-9-29;/h3,10,12-13,15-16,18-19,24,27,29-30,33H,4-9,11,14,17,20-23H2,1-2H3,(H2,39,40,41,43,44,45);1H4/b10-3+;/t24-,27-,30+,33-,37-,48?;/m0./s1. The Morgan fingerprint density at radius 2 is 1.98 bits per heavy atom. The van der Waals surface area contributed by atoms with E-state index in [2.05, 4.69) is 43.6 Å². The molecule has 2 N–H and O–H groups in total. The zero-order chi connectivity index (χ0) is 33.5. The number of allylic oxidation sites excluding steroid dienone is 1. The molecular formula is C38H51ClN4O5S. The van der Waals surface area contributed by atoms with Gasteiger partial charge < -0.3 is 19.7 Å². The first kappa shape index (κ1) is 35.7. The molecule has 1 spiro atoms. The average molecular weight is 711 g/mol. The maximum atomic E-state index is 14.3. The molecule has 2 bridgehead atoms. The van der Waals surface area contributed by atoms with Crippen LogP contribution in [0, 0.1) is 17.8 Å². The SMILES string of the molecule is C.CO[C@H]1/C=C/C[C@H](C)CS(=O)(NC(=O)NC2CCC2)=NC(=O)c2ccc3c(c2)N(C[C@@H]2CC[C@H]21)C[C@@]1(CCCc2cc(Cl)ccc21)CO3. The Morgan fingerprint density at radius 1 is 1.14 bits per heavy atom. The van der Waals surface area contributed by atoms with E-state index in [1.807, 2.05) is 25.1 Å². The van der Waals surface area contributed by atoms with Crippen molar-refractivity contribution in [2.75, 3.05) is 37.5 Å². The molecule has 0 aromatic heterocycles. The monoisotopic (exact) mass is 710 g/mol. The molecule has 6 atom stereocenters. The molecule has 0 saturated heterocycles. The first-order valence-corrected chi connectivity index (χ1v) is 19.6. The number of carbonyl (C=O) groups excluding carboxylic acids is 2. The van der Waals surface area contributed by atoms with Crippen molar-refractivity contribution in [3.63, 3.8) is 0 Å². The fourth-order valence-electron chi connectivity index (χ4n) is 8.28. The average Bonchev–Trinajstić information content (AvgIpc) is 3.16. The zero-order valence-corrected chi connectivity index (χ0v) is 29.5. The van der Waals surface area contributed by atoms with Crippen LogP contribution in [0.25, 0.3) is 0 Å². The molecule has 5 aliphatic rings. The first-order chi connectivity index (χ1) is 23.1. The highest BCUT2D eigenvalue weighted by atomic mass is 35.5. The Morgan fingerprint density at radius 3 is 2.71 bits per heavy atom. The molecular weight excluding hydrogens is 660 g/mol. The Kier molecular flexibility index (Phi) is 10.7. The summed E-state index contributed by atoms with van der Waals surface area (Å²) in [4.78, 5) is 29.2. The fourth-order valence-corrected chi connectivity index (χ4v) is 10.3. The van der Waals surface area contributed by atoms with Crippen LogP contribution in [-0.2, 0) is 26.5 Å². The van der Waals surface area contributed by atoms with Crippen molar-refractivity contribution >= 4 is 39.1 Å². The van der Waals surface area contributed by atoms with Gasteiger partial charge in [-0.1, -0.05) is 44.2 Å². The van der Waals surface area contributed by atoms with Gasteiger partial charge in [-0.15, -0.1) is 4.36 Å². The van der Waals surface area contributed by atoms with Crippen LogP contribution in [-0.4, -0.2) is 60.9 Å². The van der Waals surface area contributed by atoms with E-state index in [9.17, 15) is 13.8 Å². The van der Waals surface area contributed by atoms with Crippen LogP contribution >= 0.6 is 11.6 Å². The highest BCUT2D eigenvalue weighted by Crippen LogP contribution is 2.47. The summed E-state index contributed by atoms with van der Waals surface area (Å²) >= 11 is 6.45. The van der Waals surface area contributed by atoms with Crippen molar-refractivity contribution < 1.29 is 23.3 Å². The summed E-state index contributed by atoms with van der Waals surface area (Å²) in [7, 11) is -1.66. The number of nitrogens with one attached hydrogen (secondary N) is 2. The van der Waals surface area contributed by atoms with Gasteiger partial charge in [0.25, 0.3) is 5.91 Å². The number of amides is 3. The minimum atomic E-state index is -3.43. The van der Waals surface area contributed by atoms with Gasteiger partial charge in [0, 0.05) is 42.2 Å². The Balaban J connectivity index is 0.00000417. The second-order valence-electron chi connectivity index (χ2n) is 14.7. The number of fused-ring (bicyclic) bond motifs is 4. The van der Waals surface area contributed by atoms with E-state index in [4.69, 9.17) is 21.1 Å². The number of methoxy groups -OCH3 is 1. The lowest BCUT2D eigenvalue weighted by molar-refractivity contribution is 0.0131. The first-order valence-electron chi connectivity index (χ1n) is 17.5. The van der Waals surface area contributed by atoms with Gasteiger partial charge in [0.2, 0.25) is 0 Å². The van der Waals surface area contributed by atoms with Crippen molar-refractivity contribution in [2.45, 2.75) is 89.7 Å². The van der Waals surface area contributed by atoms with E-state index in [-0.39, 0.29) is 36.7 Å². The molecule has 9 nitrogen and oxygen atoms in total. The number of rotatable bonds is 3. The minimum absolute atomic E-state index is 0. The highest BCUT2D eigenvalue weighted by molar-refractivity contribution is 7.92. The van der Waals surface area contributed by atoms with Gasteiger partial charge in [0.15, 0.2) is 0 Å². The normalized spacial score (nSPS) is 32.0. The van der Waals surface area contributed by atoms with Crippen molar-refractivity contribution in [3.05, 3.63) is 70.3 Å². The van der Waals surface area contributed by atoms with Gasteiger partial charge >= 0.3 is 6.03 Å². The van der Waals surface area contributed by atoms with E-state index in [1.165, 1.54) is 11.1 Å². The number of aryl methyl sites for hydroxylation is 1. The third-order valence-electron chi connectivity index (χ3n) is 11.2. The van der Waals surface area contributed by atoms with Crippen LogP contribution in [0.3, 0.4) is 0 Å². The predicted octanol–water partition coefficient (Wildman–Crippen LogP) is 7.46. The summed E-state index contributed by atoms with van der Waals surface area (Å²) in [5, 5.41) is 3.63. The molecule has 7 rings (SSSR count). The third kappa shape index (κ3) is 7.52. The quantitative estimate of drug-likeness (QED) is 0.320. The Labute approximate surface area is 296 Å². The number of benzene rings is 2. The van der Waals surface area contributed by atoms with E-state index < -0.39 is 21.9 Å². The van der Waals surface area contributed by atoms with Crippen molar-refractivity contribution in [1.82, 2.24) is 10.0 Å². The van der Waals surface area contributed by atoms with Gasteiger partial charge in [-0.3, -0.25) is 9.52 Å². The van der Waals surface area contributed by atoms with Crippen LogP contribution in [0.5, 0.6) is 5.75 Å². The smallest absolute Gasteiger partial charge is 0.327 e. The van der Waals surface area contributed by atoms with Crippen molar-refractivity contribution in [1.29, 1.82) is 0 Å². The number of halogens is 1. The summed E-state index contributed by atoms with van der Waals surface area (Å²) in [5.41, 5.74) is 3.48. The van der Waals surface area contributed by atoms with Gasteiger partial charge in [-0.25, -0.2) is 9.00 Å². The van der Waals surface area contributed by atoms with Gasteiger partial charge in [-0.2, -0.15) is 0 Å². The summed E-state index contributed by atoms with van der Waals surface area (Å²) < 4.78 is 33.9. The maximum absolute atomic E-state index is 14.3. The molecule has 3 aliphatic carbocycles. The molecule has 2 saturated carbocycles. The molecule has 2 aliphatic heterocycles. The molecule has 3 amide bonds. The summed E-state index contributed by atoms with van der Waals surface area (Å²) in [6.07, 6.45) is 12.9. The van der Waals surface area contributed by atoms with Crippen LogP contribution in [0.1, 0.15) is 87.2 Å². The number of anilines is 1. The number of carbonyl (C=O) groups is 2.